The van der Waals surface area contributed by atoms with Crippen molar-refractivity contribution >= 4 is 11.7 Å². The second-order valence-electron chi connectivity index (χ2n) is 15.9. The van der Waals surface area contributed by atoms with Crippen molar-refractivity contribution in [3.63, 3.8) is 0 Å². The molecule has 0 unspecified atom stereocenters. The lowest BCUT2D eigenvalue weighted by Crippen LogP contribution is -2.63. The first-order valence-corrected chi connectivity index (χ1v) is 17.3. The number of aliphatic hydroxyl groups is 3. The molecule has 0 aromatic carbocycles. The summed E-state index contributed by atoms with van der Waals surface area (Å²) in [5, 5.41) is 44.0. The van der Waals surface area contributed by atoms with Crippen LogP contribution in [0.4, 0.5) is 0 Å². The first kappa shape index (κ1) is 38.2. The standard InChI is InChI=1S/C35H64N2O8/c1-13-34(11)35(12,41)30(38)23(5)28(37-45-26-14-15-36-19-26)21(3)18-33(10,40)32(8,9)25(7)29(24(6)31(39)44-34)43-27-17-20(2)16-22(4)42-27/h20-27,29-30,36,38,40-41H,13-19H2,1-12H3/b37-28+/t20-,21-,22+,23+,24-,25+,26-,27+,29-,30-,33-,34+,35+/m1/s1. The van der Waals surface area contributed by atoms with Crippen LogP contribution in [0.2, 0.25) is 0 Å². The summed E-state index contributed by atoms with van der Waals surface area (Å²) in [6.45, 7) is 24.1. The molecule has 0 bridgehead atoms. The molecule has 262 valence electrons. The van der Waals surface area contributed by atoms with Crippen LogP contribution in [0.3, 0.4) is 0 Å². The smallest absolute Gasteiger partial charge is 0.311 e. The van der Waals surface area contributed by atoms with Gasteiger partial charge in [-0.1, -0.05) is 53.6 Å². The lowest BCUT2D eigenvalue weighted by Gasteiger charge is -2.51. The number of carbonyl (C=O) groups excluding carboxylic acids is 1. The van der Waals surface area contributed by atoms with Crippen LogP contribution in [0.25, 0.3) is 0 Å². The fraction of sp³-hybridized carbons (Fsp3) is 0.943. The highest BCUT2D eigenvalue weighted by molar-refractivity contribution is 5.89. The normalized spacial score (nSPS) is 48.1. The summed E-state index contributed by atoms with van der Waals surface area (Å²) in [4.78, 5) is 20.0. The Morgan fingerprint density at radius 2 is 1.64 bits per heavy atom. The van der Waals surface area contributed by atoms with Gasteiger partial charge in [-0.2, -0.15) is 0 Å². The van der Waals surface area contributed by atoms with E-state index in [4.69, 9.17) is 19.0 Å². The van der Waals surface area contributed by atoms with Crippen LogP contribution in [0.15, 0.2) is 5.16 Å². The average molecular weight is 641 g/mol. The summed E-state index contributed by atoms with van der Waals surface area (Å²) in [5.74, 6) is -2.21. The Labute approximate surface area is 272 Å². The minimum Gasteiger partial charge on any atom is -0.456 e. The molecule has 3 heterocycles. The Morgan fingerprint density at radius 1 is 1.00 bits per heavy atom. The molecule has 10 heteroatoms. The molecule has 3 aliphatic heterocycles. The summed E-state index contributed by atoms with van der Waals surface area (Å²) in [7, 11) is 0. The summed E-state index contributed by atoms with van der Waals surface area (Å²) in [6.07, 6.45) is 0.402. The topological polar surface area (TPSA) is 139 Å². The molecule has 0 spiro atoms. The molecule has 3 saturated heterocycles. The highest BCUT2D eigenvalue weighted by atomic mass is 16.7. The van der Waals surface area contributed by atoms with Crippen LogP contribution >= 0.6 is 0 Å². The second kappa shape index (κ2) is 14.4. The summed E-state index contributed by atoms with van der Waals surface area (Å²) < 4.78 is 19.1. The molecular weight excluding hydrogens is 576 g/mol. The number of oxime groups is 1. The van der Waals surface area contributed by atoms with Crippen LogP contribution < -0.4 is 5.32 Å². The maximum Gasteiger partial charge on any atom is 0.311 e. The number of rotatable bonds is 5. The molecule has 3 aliphatic rings. The number of esters is 1. The van der Waals surface area contributed by atoms with Crippen molar-refractivity contribution in [2.75, 3.05) is 13.1 Å². The SMILES string of the molecule is CC[C@]1(C)OC(=O)[C@H](C)[C@@H](O[C@H]2C[C@H](C)C[C@H](C)O2)[C@H](C)C(C)(C)[C@](C)(O)C[C@@H](C)/C(=N\O[C@@H]2CCNC2)[C@H](C)[C@@H](O)[C@]1(C)O. The monoisotopic (exact) mass is 640 g/mol. The highest BCUT2D eigenvalue weighted by Crippen LogP contribution is 2.47. The van der Waals surface area contributed by atoms with Crippen LogP contribution in [-0.2, 0) is 23.8 Å². The van der Waals surface area contributed by atoms with Crippen molar-refractivity contribution in [2.45, 2.75) is 163 Å². The highest BCUT2D eigenvalue weighted by Gasteiger charge is 2.56. The molecule has 0 saturated carbocycles. The van der Waals surface area contributed by atoms with Crippen LogP contribution in [-0.4, -0.2) is 87.6 Å². The van der Waals surface area contributed by atoms with E-state index in [-0.39, 0.29) is 30.5 Å². The first-order chi connectivity index (χ1) is 20.7. The van der Waals surface area contributed by atoms with Gasteiger partial charge < -0.3 is 39.7 Å². The van der Waals surface area contributed by atoms with Crippen molar-refractivity contribution in [1.29, 1.82) is 0 Å². The van der Waals surface area contributed by atoms with E-state index in [0.29, 0.717) is 31.0 Å². The van der Waals surface area contributed by atoms with Crippen LogP contribution in [0.1, 0.15) is 115 Å². The molecule has 3 rings (SSSR count). The van der Waals surface area contributed by atoms with E-state index in [1.807, 2.05) is 48.5 Å². The number of carbonyl (C=O) groups is 1. The minimum absolute atomic E-state index is 0.0219. The van der Waals surface area contributed by atoms with Crippen LogP contribution in [0, 0.1) is 35.0 Å². The molecule has 13 atom stereocenters. The number of nitrogens with one attached hydrogen (secondary N) is 1. The third-order valence-electron chi connectivity index (χ3n) is 12.0. The largest absolute Gasteiger partial charge is 0.456 e. The quantitative estimate of drug-likeness (QED) is 0.246. The summed E-state index contributed by atoms with van der Waals surface area (Å²) in [6, 6.07) is 0. The van der Waals surface area contributed by atoms with Gasteiger partial charge in [-0.15, -0.1) is 0 Å². The zero-order chi connectivity index (χ0) is 34.1. The Bertz CT molecular complexity index is 1020. The molecule has 0 amide bonds. The number of hydrogen-bond donors (Lipinski definition) is 4. The molecule has 10 nitrogen and oxygen atoms in total. The number of ether oxygens (including phenoxy) is 3. The third-order valence-corrected chi connectivity index (χ3v) is 12.0. The Morgan fingerprint density at radius 3 is 2.20 bits per heavy atom. The molecule has 0 aromatic heterocycles. The van der Waals surface area contributed by atoms with Gasteiger partial charge in [-0.25, -0.2) is 0 Å². The molecule has 3 fully saturated rings. The fourth-order valence-electron chi connectivity index (χ4n) is 7.58. The number of hydrogen-bond acceptors (Lipinski definition) is 10. The van der Waals surface area contributed by atoms with Crippen LogP contribution in [0.5, 0.6) is 0 Å². The summed E-state index contributed by atoms with van der Waals surface area (Å²) in [5.41, 5.74) is -4.74. The maximum absolute atomic E-state index is 14.1. The molecule has 0 aromatic rings. The van der Waals surface area contributed by atoms with Gasteiger partial charge in [-0.05, 0) is 77.7 Å². The van der Waals surface area contributed by atoms with Gasteiger partial charge >= 0.3 is 5.97 Å². The molecule has 0 radical (unpaired) electrons. The van der Waals surface area contributed by atoms with E-state index in [0.717, 1.165) is 19.4 Å². The van der Waals surface area contributed by atoms with Crippen molar-refractivity contribution in [3.8, 4) is 0 Å². The van der Waals surface area contributed by atoms with Gasteiger partial charge in [0.25, 0.3) is 0 Å². The van der Waals surface area contributed by atoms with Crippen molar-refractivity contribution in [2.24, 2.45) is 40.2 Å². The number of nitrogens with zero attached hydrogens (tertiary/aromatic N) is 1. The maximum atomic E-state index is 14.1. The van der Waals surface area contributed by atoms with Crippen molar-refractivity contribution in [3.05, 3.63) is 0 Å². The fourth-order valence-corrected chi connectivity index (χ4v) is 7.58. The van der Waals surface area contributed by atoms with Gasteiger partial charge in [0, 0.05) is 31.2 Å². The zero-order valence-corrected chi connectivity index (χ0v) is 30.1. The van der Waals surface area contributed by atoms with Gasteiger partial charge in [0.05, 0.1) is 35.5 Å². The van der Waals surface area contributed by atoms with Crippen molar-refractivity contribution < 1.29 is 39.2 Å². The van der Waals surface area contributed by atoms with Gasteiger partial charge in [0.2, 0.25) is 0 Å². The van der Waals surface area contributed by atoms with E-state index in [9.17, 15) is 20.1 Å². The van der Waals surface area contributed by atoms with E-state index in [2.05, 4.69) is 17.4 Å². The van der Waals surface area contributed by atoms with E-state index in [1.54, 1.807) is 20.8 Å². The Hall–Kier alpha value is -1.30. The van der Waals surface area contributed by atoms with E-state index >= 15 is 0 Å². The Kier molecular flexibility index (Phi) is 12.2. The molecule has 4 N–H and O–H groups in total. The Balaban J connectivity index is 2.12. The predicted octanol–water partition coefficient (Wildman–Crippen LogP) is 4.82. The summed E-state index contributed by atoms with van der Waals surface area (Å²) >= 11 is 0. The van der Waals surface area contributed by atoms with E-state index in [1.165, 1.54) is 6.92 Å². The molecular formula is C35H64N2O8. The second-order valence-corrected chi connectivity index (χ2v) is 15.9. The van der Waals surface area contributed by atoms with Gasteiger partial charge in [-0.3, -0.25) is 4.79 Å². The number of cyclic esters (lactones) is 1. The van der Waals surface area contributed by atoms with Crippen molar-refractivity contribution in [1.82, 2.24) is 5.32 Å². The van der Waals surface area contributed by atoms with Gasteiger partial charge in [0.1, 0.15) is 17.3 Å². The predicted molar refractivity (Wildman–Crippen MR) is 174 cm³/mol. The van der Waals surface area contributed by atoms with E-state index < -0.39 is 58.5 Å². The zero-order valence-electron chi connectivity index (χ0n) is 30.1. The lowest BCUT2D eigenvalue weighted by atomic mass is 9.61. The average Bonchev–Trinajstić information content (AvgIpc) is 3.46. The molecule has 45 heavy (non-hydrogen) atoms. The molecule has 0 aliphatic carbocycles. The lowest BCUT2D eigenvalue weighted by molar-refractivity contribution is -0.256. The van der Waals surface area contributed by atoms with Gasteiger partial charge in [0.15, 0.2) is 6.29 Å². The number of aliphatic hydroxyl groups excluding tert-OH is 1. The minimum atomic E-state index is -1.85. The third kappa shape index (κ3) is 8.06. The first-order valence-electron chi connectivity index (χ1n) is 17.3.